The molecule has 2 N–H and O–H groups in total. The van der Waals surface area contributed by atoms with E-state index in [1.54, 1.807) is 0 Å². The number of alkyl halides is 3. The molecule has 0 amide bonds. The van der Waals surface area contributed by atoms with Crippen molar-refractivity contribution in [3.05, 3.63) is 29.3 Å². The Kier molecular flexibility index (Phi) is 4.26. The molecule has 1 fully saturated rings. The zero-order chi connectivity index (χ0) is 14.9. The summed E-state index contributed by atoms with van der Waals surface area (Å²) >= 11 is 0. The first-order valence-corrected chi connectivity index (χ1v) is 6.12. The van der Waals surface area contributed by atoms with E-state index in [9.17, 15) is 27.8 Å². The molecule has 1 atom stereocenters. The second-order valence-electron chi connectivity index (χ2n) is 4.70. The number of halogens is 4. The lowest BCUT2D eigenvalue weighted by Gasteiger charge is -2.33. The highest BCUT2D eigenvalue weighted by atomic mass is 19.4. The molecule has 4 nitrogen and oxygen atoms in total. The number of likely N-dealkylation sites (tertiary alicyclic amines) is 1. The number of aliphatic hydroxyl groups is 2. The highest BCUT2D eigenvalue weighted by Gasteiger charge is 2.38. The van der Waals surface area contributed by atoms with Gasteiger partial charge in [0.15, 0.2) is 11.5 Å². The molecule has 0 bridgehead atoms. The highest BCUT2D eigenvalue weighted by Crippen LogP contribution is 2.33. The molecular weight excluding hydrogens is 280 g/mol. The molecule has 0 aliphatic carbocycles. The monoisotopic (exact) mass is 294 g/mol. The third-order valence-electron chi connectivity index (χ3n) is 3.31. The summed E-state index contributed by atoms with van der Waals surface area (Å²) < 4.78 is 51.5. The van der Waals surface area contributed by atoms with E-state index in [0.717, 1.165) is 12.3 Å². The molecule has 0 aromatic carbocycles. The van der Waals surface area contributed by atoms with Crippen LogP contribution in [0.25, 0.3) is 0 Å². The molecular formula is C12H14F4N2O2. The molecule has 1 unspecified atom stereocenters. The lowest BCUT2D eigenvalue weighted by molar-refractivity contribution is -0.144. The molecule has 112 valence electrons. The molecule has 1 aliphatic rings. The molecule has 1 saturated heterocycles. The largest absolute Gasteiger partial charge is 0.436 e. The van der Waals surface area contributed by atoms with E-state index in [-0.39, 0.29) is 13.1 Å². The van der Waals surface area contributed by atoms with Gasteiger partial charge in [0, 0.05) is 24.8 Å². The number of nitrogens with zero attached hydrogens (tertiary/aromatic N) is 2. The third-order valence-corrected chi connectivity index (χ3v) is 3.31. The summed E-state index contributed by atoms with van der Waals surface area (Å²) in [5.41, 5.74) is -2.09. The highest BCUT2D eigenvalue weighted by molar-refractivity contribution is 5.23. The Morgan fingerprint density at radius 1 is 1.30 bits per heavy atom. The lowest BCUT2D eigenvalue weighted by atomic mass is 10.1. The first-order valence-electron chi connectivity index (χ1n) is 6.12. The Labute approximate surface area is 112 Å². The summed E-state index contributed by atoms with van der Waals surface area (Å²) in [4.78, 5) is 4.40. The fraction of sp³-hybridized carbons (Fsp3) is 0.583. The minimum Gasteiger partial charge on any atom is -0.393 e. The Morgan fingerprint density at radius 3 is 2.45 bits per heavy atom. The van der Waals surface area contributed by atoms with Gasteiger partial charge in [0.1, 0.15) is 6.23 Å². The van der Waals surface area contributed by atoms with E-state index < -0.39 is 35.6 Å². The van der Waals surface area contributed by atoms with Crippen LogP contribution in [0.1, 0.15) is 30.3 Å². The average Bonchev–Trinajstić information content (AvgIpc) is 2.37. The van der Waals surface area contributed by atoms with Crippen molar-refractivity contribution in [1.82, 2.24) is 9.88 Å². The van der Waals surface area contributed by atoms with E-state index in [1.807, 2.05) is 0 Å². The maximum absolute atomic E-state index is 13.8. The van der Waals surface area contributed by atoms with Gasteiger partial charge >= 0.3 is 6.18 Å². The number of piperidine rings is 1. The maximum Gasteiger partial charge on any atom is 0.436 e. The zero-order valence-corrected chi connectivity index (χ0v) is 10.4. The fourth-order valence-corrected chi connectivity index (χ4v) is 2.18. The zero-order valence-electron chi connectivity index (χ0n) is 10.4. The number of rotatable bonds is 2. The molecule has 2 heterocycles. The molecule has 0 spiro atoms. The summed E-state index contributed by atoms with van der Waals surface area (Å²) in [5.74, 6) is -1.56. The van der Waals surface area contributed by atoms with Crippen LogP contribution in [0.15, 0.2) is 12.3 Å². The van der Waals surface area contributed by atoms with Crippen molar-refractivity contribution in [2.75, 3.05) is 13.1 Å². The smallest absolute Gasteiger partial charge is 0.393 e. The van der Waals surface area contributed by atoms with Crippen LogP contribution < -0.4 is 0 Å². The van der Waals surface area contributed by atoms with Crippen molar-refractivity contribution in [3.63, 3.8) is 0 Å². The summed E-state index contributed by atoms with van der Waals surface area (Å²) in [6.45, 7) is 0.566. The SMILES string of the molecule is OC1CCN(C(O)c2ccnc(C(F)(F)F)c2F)CC1. The minimum atomic E-state index is -4.90. The van der Waals surface area contributed by atoms with Crippen molar-refractivity contribution in [1.29, 1.82) is 0 Å². The standard InChI is InChI=1S/C12H14F4N2O2/c13-9-8(1-4-17-10(9)12(14,15)16)11(20)18-5-2-7(19)3-6-18/h1,4,7,11,19-20H,2-3,5-6H2. The van der Waals surface area contributed by atoms with Crippen molar-refractivity contribution in [3.8, 4) is 0 Å². The van der Waals surface area contributed by atoms with Gasteiger partial charge in [0.25, 0.3) is 0 Å². The van der Waals surface area contributed by atoms with Gasteiger partial charge < -0.3 is 10.2 Å². The molecule has 20 heavy (non-hydrogen) atoms. The number of hydrogen-bond acceptors (Lipinski definition) is 4. The van der Waals surface area contributed by atoms with Gasteiger partial charge in [-0.15, -0.1) is 0 Å². The molecule has 1 aliphatic heterocycles. The predicted octanol–water partition coefficient (Wildman–Crippen LogP) is 1.69. The average molecular weight is 294 g/mol. The Hall–Kier alpha value is -1.25. The van der Waals surface area contributed by atoms with E-state index in [1.165, 1.54) is 4.90 Å². The van der Waals surface area contributed by atoms with Crippen LogP contribution in [0.3, 0.4) is 0 Å². The molecule has 1 aromatic heterocycles. The second kappa shape index (κ2) is 5.63. The first-order chi connectivity index (χ1) is 9.30. The third kappa shape index (κ3) is 3.08. The lowest BCUT2D eigenvalue weighted by Crippen LogP contribution is -2.39. The van der Waals surface area contributed by atoms with E-state index in [0.29, 0.717) is 12.8 Å². The minimum absolute atomic E-state index is 0.283. The van der Waals surface area contributed by atoms with Crippen molar-refractivity contribution in [2.24, 2.45) is 0 Å². The summed E-state index contributed by atoms with van der Waals surface area (Å²) in [5, 5.41) is 19.4. The fourth-order valence-electron chi connectivity index (χ4n) is 2.18. The van der Waals surface area contributed by atoms with E-state index in [4.69, 9.17) is 0 Å². The normalized spacial score (nSPS) is 20.1. The molecule has 0 radical (unpaired) electrons. The van der Waals surface area contributed by atoms with Crippen molar-refractivity contribution >= 4 is 0 Å². The van der Waals surface area contributed by atoms with Gasteiger partial charge in [-0.25, -0.2) is 9.37 Å². The quantitative estimate of drug-likeness (QED) is 0.815. The van der Waals surface area contributed by atoms with Crippen molar-refractivity contribution < 1.29 is 27.8 Å². The van der Waals surface area contributed by atoms with Gasteiger partial charge in [-0.05, 0) is 18.9 Å². The van der Waals surface area contributed by atoms with Crippen LogP contribution in [-0.2, 0) is 6.18 Å². The van der Waals surface area contributed by atoms with Gasteiger partial charge in [-0.3, -0.25) is 4.90 Å². The predicted molar refractivity (Wildman–Crippen MR) is 61.0 cm³/mol. The summed E-state index contributed by atoms with van der Waals surface area (Å²) in [7, 11) is 0. The number of hydrogen-bond donors (Lipinski definition) is 2. The summed E-state index contributed by atoms with van der Waals surface area (Å²) in [6, 6.07) is 1.03. The van der Waals surface area contributed by atoms with E-state index >= 15 is 0 Å². The molecule has 2 rings (SSSR count). The maximum atomic E-state index is 13.8. The van der Waals surface area contributed by atoms with E-state index in [2.05, 4.69) is 4.98 Å². The van der Waals surface area contributed by atoms with Crippen molar-refractivity contribution in [2.45, 2.75) is 31.3 Å². The molecule has 1 aromatic rings. The van der Waals surface area contributed by atoms with Crippen LogP contribution >= 0.6 is 0 Å². The Morgan fingerprint density at radius 2 is 1.90 bits per heavy atom. The van der Waals surface area contributed by atoms with Gasteiger partial charge in [-0.1, -0.05) is 0 Å². The van der Waals surface area contributed by atoms with Gasteiger partial charge in [0.2, 0.25) is 0 Å². The Balaban J connectivity index is 2.24. The number of aliphatic hydroxyl groups excluding tert-OH is 2. The van der Waals surface area contributed by atoms with Gasteiger partial charge in [0.05, 0.1) is 6.10 Å². The van der Waals surface area contributed by atoms with Crippen LogP contribution in [0.4, 0.5) is 17.6 Å². The topological polar surface area (TPSA) is 56.6 Å². The summed E-state index contributed by atoms with van der Waals surface area (Å²) in [6.07, 6.45) is -5.29. The van der Waals surface area contributed by atoms with Crippen LogP contribution in [0.2, 0.25) is 0 Å². The van der Waals surface area contributed by atoms with Crippen LogP contribution in [0.5, 0.6) is 0 Å². The number of aromatic nitrogens is 1. The first kappa shape index (κ1) is 15.1. The second-order valence-corrected chi connectivity index (χ2v) is 4.70. The molecule has 8 heteroatoms. The van der Waals surface area contributed by atoms with Gasteiger partial charge in [-0.2, -0.15) is 13.2 Å². The van der Waals surface area contributed by atoms with Crippen LogP contribution in [-0.4, -0.2) is 39.3 Å². The molecule has 0 saturated carbocycles. The number of pyridine rings is 1. The Bertz CT molecular complexity index is 473. The van der Waals surface area contributed by atoms with Crippen LogP contribution in [0, 0.1) is 5.82 Å².